The van der Waals surface area contributed by atoms with Crippen LogP contribution in [-0.2, 0) is 4.79 Å². The lowest BCUT2D eigenvalue weighted by atomic mass is 9.80. The van der Waals surface area contributed by atoms with Crippen LogP contribution in [0.15, 0.2) is 0 Å². The van der Waals surface area contributed by atoms with Crippen LogP contribution in [0.5, 0.6) is 0 Å². The van der Waals surface area contributed by atoms with E-state index in [1.165, 1.54) is 45.1 Å². The van der Waals surface area contributed by atoms with Gasteiger partial charge in [-0.1, -0.05) is 19.8 Å². The smallest absolute Gasteiger partial charge is 0.222 e. The average molecular weight is 329 g/mol. The monoisotopic (exact) mass is 328 g/mol. The zero-order valence-electron chi connectivity index (χ0n) is 14.1. The molecule has 1 heterocycles. The first kappa shape index (κ1) is 18.1. The van der Waals surface area contributed by atoms with Gasteiger partial charge in [0, 0.05) is 25.6 Å². The molecule has 128 valence electrons. The van der Waals surface area contributed by atoms with E-state index < -0.39 is 0 Å². The predicted molar refractivity (Wildman–Crippen MR) is 93.3 cm³/mol. The molecule has 1 N–H and O–H groups in total. The van der Waals surface area contributed by atoms with E-state index in [1.54, 1.807) is 0 Å². The summed E-state index contributed by atoms with van der Waals surface area (Å²) in [5.74, 6) is 2.87. The van der Waals surface area contributed by atoms with Crippen molar-refractivity contribution in [1.82, 2.24) is 10.2 Å². The maximum atomic E-state index is 12.5. The molecule has 0 aromatic rings. The zero-order chi connectivity index (χ0) is 14.7. The van der Waals surface area contributed by atoms with E-state index in [1.807, 2.05) is 0 Å². The molecule has 0 aromatic carbocycles. The van der Waals surface area contributed by atoms with E-state index in [0.717, 1.165) is 44.2 Å². The summed E-state index contributed by atoms with van der Waals surface area (Å²) >= 11 is 0. The quantitative estimate of drug-likeness (QED) is 0.836. The first-order chi connectivity index (χ1) is 10.2. The van der Waals surface area contributed by atoms with Crippen molar-refractivity contribution in [2.45, 2.75) is 70.8 Å². The maximum Gasteiger partial charge on any atom is 0.222 e. The van der Waals surface area contributed by atoms with Gasteiger partial charge in [0.15, 0.2) is 0 Å². The molecule has 2 saturated carbocycles. The number of hydrogen-bond donors (Lipinski definition) is 1. The van der Waals surface area contributed by atoms with Gasteiger partial charge in [0.05, 0.1) is 0 Å². The second kappa shape index (κ2) is 8.54. The van der Waals surface area contributed by atoms with Crippen LogP contribution in [0.1, 0.15) is 64.7 Å². The van der Waals surface area contributed by atoms with Gasteiger partial charge in [-0.3, -0.25) is 4.79 Å². The maximum absolute atomic E-state index is 12.5. The summed E-state index contributed by atoms with van der Waals surface area (Å²) in [4.78, 5) is 14.6. The number of piperidine rings is 1. The molecule has 0 radical (unpaired) electrons. The van der Waals surface area contributed by atoms with Crippen molar-refractivity contribution in [3.63, 3.8) is 0 Å². The highest BCUT2D eigenvalue weighted by atomic mass is 35.5. The summed E-state index contributed by atoms with van der Waals surface area (Å²) in [6.45, 7) is 5.50. The number of nitrogens with one attached hydrogen (secondary N) is 1. The van der Waals surface area contributed by atoms with Crippen LogP contribution in [0.3, 0.4) is 0 Å². The Bertz CT molecular complexity index is 351. The minimum Gasteiger partial charge on any atom is -0.343 e. The fourth-order valence-electron chi connectivity index (χ4n) is 4.11. The highest BCUT2D eigenvalue weighted by molar-refractivity contribution is 5.85. The molecule has 1 amide bonds. The van der Waals surface area contributed by atoms with Crippen LogP contribution < -0.4 is 5.32 Å². The van der Waals surface area contributed by atoms with E-state index in [-0.39, 0.29) is 12.4 Å². The molecular formula is C18H33ClN2O. The molecule has 2 aliphatic carbocycles. The van der Waals surface area contributed by atoms with Crippen LogP contribution in [0, 0.1) is 17.8 Å². The SMILES string of the molecule is CC1CCCC(CC(=O)N2CCC(NCC3CC3)CC2)C1.Cl. The molecule has 1 saturated heterocycles. The van der Waals surface area contributed by atoms with Crippen molar-refractivity contribution in [3.8, 4) is 0 Å². The summed E-state index contributed by atoms with van der Waals surface area (Å²) in [5, 5.41) is 3.69. The van der Waals surface area contributed by atoms with Crippen molar-refractivity contribution < 1.29 is 4.79 Å². The first-order valence-electron chi connectivity index (χ1n) is 9.22. The Morgan fingerprint density at radius 3 is 2.41 bits per heavy atom. The molecule has 4 heteroatoms. The van der Waals surface area contributed by atoms with Gasteiger partial charge in [-0.2, -0.15) is 0 Å². The number of rotatable bonds is 5. The lowest BCUT2D eigenvalue weighted by Crippen LogP contribution is -2.45. The molecule has 2 unspecified atom stereocenters. The molecule has 3 aliphatic rings. The molecular weight excluding hydrogens is 296 g/mol. The lowest BCUT2D eigenvalue weighted by molar-refractivity contribution is -0.133. The van der Waals surface area contributed by atoms with Crippen molar-refractivity contribution in [2.75, 3.05) is 19.6 Å². The normalized spacial score (nSPS) is 30.0. The Labute approximate surface area is 142 Å². The Kier molecular flexibility index (Phi) is 7.01. The fourth-order valence-corrected chi connectivity index (χ4v) is 4.11. The minimum absolute atomic E-state index is 0. The summed E-state index contributed by atoms with van der Waals surface area (Å²) in [7, 11) is 0. The van der Waals surface area contributed by atoms with Gasteiger partial charge < -0.3 is 10.2 Å². The summed E-state index contributed by atoms with van der Waals surface area (Å²) < 4.78 is 0. The molecule has 1 aliphatic heterocycles. The number of carbonyl (C=O) groups excluding carboxylic acids is 1. The second-order valence-corrected chi connectivity index (χ2v) is 7.85. The average Bonchev–Trinajstić information content (AvgIpc) is 3.30. The van der Waals surface area contributed by atoms with Crippen LogP contribution in [0.4, 0.5) is 0 Å². The standard InChI is InChI=1S/C18H32N2O.ClH/c1-14-3-2-4-16(11-14)12-18(21)20-9-7-17(8-10-20)19-13-15-5-6-15;/h14-17,19H,2-13H2,1H3;1H. The number of likely N-dealkylation sites (tertiary alicyclic amines) is 1. The Morgan fingerprint density at radius 2 is 1.77 bits per heavy atom. The highest BCUT2D eigenvalue weighted by Gasteiger charge is 2.28. The molecule has 3 nitrogen and oxygen atoms in total. The summed E-state index contributed by atoms with van der Waals surface area (Å²) in [6, 6.07) is 0.657. The number of amides is 1. The molecule has 3 fully saturated rings. The lowest BCUT2D eigenvalue weighted by Gasteiger charge is -2.34. The number of hydrogen-bond acceptors (Lipinski definition) is 2. The van der Waals surface area contributed by atoms with Gasteiger partial charge in [0.25, 0.3) is 0 Å². The van der Waals surface area contributed by atoms with E-state index >= 15 is 0 Å². The van der Waals surface area contributed by atoms with Gasteiger partial charge >= 0.3 is 0 Å². The Hall–Kier alpha value is -0.280. The van der Waals surface area contributed by atoms with Crippen LogP contribution in [-0.4, -0.2) is 36.5 Å². The van der Waals surface area contributed by atoms with Gasteiger partial charge in [0.2, 0.25) is 5.91 Å². The van der Waals surface area contributed by atoms with Gasteiger partial charge in [-0.15, -0.1) is 12.4 Å². The first-order valence-corrected chi connectivity index (χ1v) is 9.22. The van der Waals surface area contributed by atoms with Crippen molar-refractivity contribution in [3.05, 3.63) is 0 Å². The van der Waals surface area contributed by atoms with E-state index in [9.17, 15) is 4.79 Å². The third-order valence-corrected chi connectivity index (χ3v) is 5.75. The van der Waals surface area contributed by atoms with Gasteiger partial charge in [-0.05, 0) is 62.8 Å². The van der Waals surface area contributed by atoms with E-state index in [2.05, 4.69) is 17.1 Å². The van der Waals surface area contributed by atoms with Gasteiger partial charge in [-0.25, -0.2) is 0 Å². The topological polar surface area (TPSA) is 32.3 Å². The van der Waals surface area contributed by atoms with Crippen molar-refractivity contribution in [2.24, 2.45) is 17.8 Å². The fraction of sp³-hybridized carbons (Fsp3) is 0.944. The predicted octanol–water partition coefficient (Wildman–Crippen LogP) is 3.62. The van der Waals surface area contributed by atoms with Gasteiger partial charge in [0.1, 0.15) is 0 Å². The molecule has 22 heavy (non-hydrogen) atoms. The van der Waals surface area contributed by atoms with Crippen LogP contribution in [0.2, 0.25) is 0 Å². The molecule has 0 spiro atoms. The van der Waals surface area contributed by atoms with E-state index in [4.69, 9.17) is 0 Å². The Morgan fingerprint density at radius 1 is 1.05 bits per heavy atom. The molecule has 0 bridgehead atoms. The largest absolute Gasteiger partial charge is 0.343 e. The van der Waals surface area contributed by atoms with Crippen LogP contribution in [0.25, 0.3) is 0 Å². The molecule has 3 rings (SSSR count). The summed E-state index contributed by atoms with van der Waals surface area (Å²) in [5.41, 5.74) is 0. The van der Waals surface area contributed by atoms with E-state index in [0.29, 0.717) is 17.9 Å². The number of halogens is 1. The Balaban J connectivity index is 0.00000176. The molecule has 2 atom stereocenters. The third-order valence-electron chi connectivity index (χ3n) is 5.75. The highest BCUT2D eigenvalue weighted by Crippen LogP contribution is 2.31. The minimum atomic E-state index is 0. The summed E-state index contributed by atoms with van der Waals surface area (Å²) in [6.07, 6.45) is 11.2. The van der Waals surface area contributed by atoms with Crippen molar-refractivity contribution in [1.29, 1.82) is 0 Å². The van der Waals surface area contributed by atoms with Crippen molar-refractivity contribution >= 4 is 18.3 Å². The number of nitrogens with zero attached hydrogens (tertiary/aromatic N) is 1. The number of carbonyl (C=O) groups is 1. The zero-order valence-corrected chi connectivity index (χ0v) is 14.9. The second-order valence-electron chi connectivity index (χ2n) is 7.85. The molecule has 0 aromatic heterocycles. The van der Waals surface area contributed by atoms with Crippen LogP contribution >= 0.6 is 12.4 Å². The third kappa shape index (κ3) is 5.42.